The van der Waals surface area contributed by atoms with E-state index >= 15 is 0 Å². The molecule has 2 rings (SSSR count). The van der Waals surface area contributed by atoms with Crippen molar-refractivity contribution >= 4 is 33.4 Å². The number of nitrogens with zero attached hydrogens (tertiary/aromatic N) is 2. The third-order valence-electron chi connectivity index (χ3n) is 3.00. The Bertz CT molecular complexity index is 599. The number of aromatic nitrogens is 2. The summed E-state index contributed by atoms with van der Waals surface area (Å²) in [4.78, 5) is 8.93. The van der Waals surface area contributed by atoms with Gasteiger partial charge in [-0.1, -0.05) is 26.0 Å². The lowest BCUT2D eigenvalue weighted by Gasteiger charge is -2.11. The summed E-state index contributed by atoms with van der Waals surface area (Å²) in [6.07, 6.45) is 1.10. The Morgan fingerprint density at radius 3 is 2.67 bits per heavy atom. The topological polar surface area (TPSA) is 49.8 Å². The number of rotatable bonds is 6. The highest BCUT2D eigenvalue weighted by molar-refractivity contribution is 9.10. The standard InChI is InChI=1S/C16H21BrN4/c1-11(2)8-9-18-16-19-12(3)10-15(21-16)20-14-7-5-4-6-13(14)17/h4-7,10-11H,8-9H2,1-3H3,(H2,18,19,20,21). The SMILES string of the molecule is Cc1cc(Nc2ccccc2Br)nc(NCCC(C)C)n1. The van der Waals surface area contributed by atoms with Crippen molar-refractivity contribution in [3.05, 3.63) is 40.5 Å². The molecular weight excluding hydrogens is 328 g/mol. The zero-order chi connectivity index (χ0) is 15.2. The maximum Gasteiger partial charge on any atom is 0.224 e. The molecule has 0 amide bonds. The molecule has 0 unspecified atom stereocenters. The largest absolute Gasteiger partial charge is 0.354 e. The summed E-state index contributed by atoms with van der Waals surface area (Å²) < 4.78 is 1.01. The summed E-state index contributed by atoms with van der Waals surface area (Å²) in [5.41, 5.74) is 1.93. The Kier molecular flexibility index (Phi) is 5.56. The van der Waals surface area contributed by atoms with Crippen molar-refractivity contribution in [3.63, 3.8) is 0 Å². The summed E-state index contributed by atoms with van der Waals surface area (Å²) in [5.74, 6) is 2.13. The minimum atomic E-state index is 0.667. The van der Waals surface area contributed by atoms with E-state index in [0.717, 1.165) is 34.6 Å². The molecule has 0 saturated carbocycles. The second-order valence-corrected chi connectivity index (χ2v) is 6.29. The molecular formula is C16H21BrN4. The van der Waals surface area contributed by atoms with Crippen LogP contribution in [-0.2, 0) is 0 Å². The van der Waals surface area contributed by atoms with E-state index in [1.54, 1.807) is 0 Å². The summed E-state index contributed by atoms with van der Waals surface area (Å²) >= 11 is 3.53. The maximum atomic E-state index is 4.51. The number of hydrogen-bond acceptors (Lipinski definition) is 4. The minimum absolute atomic E-state index is 0.667. The number of hydrogen-bond donors (Lipinski definition) is 2. The normalized spacial score (nSPS) is 10.7. The van der Waals surface area contributed by atoms with Crippen LogP contribution in [0.15, 0.2) is 34.8 Å². The van der Waals surface area contributed by atoms with Gasteiger partial charge in [-0.15, -0.1) is 0 Å². The smallest absolute Gasteiger partial charge is 0.224 e. The average Bonchev–Trinajstić information content (AvgIpc) is 2.40. The van der Waals surface area contributed by atoms with Crippen LogP contribution >= 0.6 is 15.9 Å². The second-order valence-electron chi connectivity index (χ2n) is 5.43. The predicted molar refractivity (Wildman–Crippen MR) is 92.1 cm³/mol. The Labute approximate surface area is 134 Å². The Balaban J connectivity index is 2.10. The molecule has 1 aromatic heterocycles. The fourth-order valence-electron chi connectivity index (χ4n) is 1.88. The van der Waals surface area contributed by atoms with Crippen molar-refractivity contribution in [3.8, 4) is 0 Å². The van der Waals surface area contributed by atoms with Gasteiger partial charge in [0, 0.05) is 22.8 Å². The number of para-hydroxylation sites is 1. The van der Waals surface area contributed by atoms with Gasteiger partial charge >= 0.3 is 0 Å². The van der Waals surface area contributed by atoms with Gasteiger partial charge in [-0.05, 0) is 47.3 Å². The van der Waals surface area contributed by atoms with Crippen LogP contribution < -0.4 is 10.6 Å². The van der Waals surface area contributed by atoms with E-state index in [0.29, 0.717) is 11.9 Å². The van der Waals surface area contributed by atoms with Gasteiger partial charge in [-0.25, -0.2) is 4.98 Å². The summed E-state index contributed by atoms with van der Waals surface area (Å²) in [6, 6.07) is 9.92. The molecule has 2 N–H and O–H groups in total. The third kappa shape index (κ3) is 5.01. The second kappa shape index (κ2) is 7.41. The first kappa shape index (κ1) is 15.8. The molecule has 4 nitrogen and oxygen atoms in total. The zero-order valence-electron chi connectivity index (χ0n) is 12.7. The van der Waals surface area contributed by atoms with Crippen LogP contribution in [0.25, 0.3) is 0 Å². The fraction of sp³-hybridized carbons (Fsp3) is 0.375. The molecule has 0 spiro atoms. The van der Waals surface area contributed by atoms with Crippen LogP contribution in [0.1, 0.15) is 26.0 Å². The highest BCUT2D eigenvalue weighted by Gasteiger charge is 2.05. The molecule has 0 aliphatic carbocycles. The molecule has 0 radical (unpaired) electrons. The molecule has 0 saturated heterocycles. The molecule has 0 fully saturated rings. The molecule has 5 heteroatoms. The van der Waals surface area contributed by atoms with Gasteiger partial charge in [0.1, 0.15) is 5.82 Å². The lowest BCUT2D eigenvalue weighted by molar-refractivity contribution is 0.606. The van der Waals surface area contributed by atoms with Crippen LogP contribution in [0.4, 0.5) is 17.5 Å². The van der Waals surface area contributed by atoms with Crippen molar-refractivity contribution in [2.75, 3.05) is 17.2 Å². The quantitative estimate of drug-likeness (QED) is 0.790. The first-order valence-electron chi connectivity index (χ1n) is 7.15. The fourth-order valence-corrected chi connectivity index (χ4v) is 2.27. The monoisotopic (exact) mass is 348 g/mol. The molecule has 112 valence electrons. The number of aryl methyl sites for hydroxylation is 1. The van der Waals surface area contributed by atoms with Crippen molar-refractivity contribution in [2.45, 2.75) is 27.2 Å². The van der Waals surface area contributed by atoms with Crippen LogP contribution in [-0.4, -0.2) is 16.5 Å². The van der Waals surface area contributed by atoms with Gasteiger partial charge in [0.15, 0.2) is 0 Å². The van der Waals surface area contributed by atoms with Crippen molar-refractivity contribution < 1.29 is 0 Å². The van der Waals surface area contributed by atoms with Gasteiger partial charge < -0.3 is 10.6 Å². The summed E-state index contributed by atoms with van der Waals surface area (Å²) in [7, 11) is 0. The van der Waals surface area contributed by atoms with E-state index < -0.39 is 0 Å². The summed E-state index contributed by atoms with van der Waals surface area (Å²) in [5, 5.41) is 6.60. The Morgan fingerprint density at radius 2 is 1.95 bits per heavy atom. The maximum absolute atomic E-state index is 4.51. The molecule has 0 aliphatic rings. The average molecular weight is 349 g/mol. The number of benzene rings is 1. The lowest BCUT2D eigenvalue weighted by Crippen LogP contribution is -2.09. The Hall–Kier alpha value is -1.62. The molecule has 1 aromatic carbocycles. The van der Waals surface area contributed by atoms with E-state index in [1.807, 2.05) is 37.3 Å². The molecule has 2 aromatic rings. The van der Waals surface area contributed by atoms with Gasteiger partial charge in [0.25, 0.3) is 0 Å². The van der Waals surface area contributed by atoms with Crippen molar-refractivity contribution in [1.29, 1.82) is 0 Å². The van der Waals surface area contributed by atoms with Gasteiger partial charge in [-0.2, -0.15) is 4.98 Å². The van der Waals surface area contributed by atoms with Crippen molar-refractivity contribution in [1.82, 2.24) is 9.97 Å². The summed E-state index contributed by atoms with van der Waals surface area (Å²) in [6.45, 7) is 7.27. The minimum Gasteiger partial charge on any atom is -0.354 e. The van der Waals surface area contributed by atoms with Crippen LogP contribution in [0.3, 0.4) is 0 Å². The van der Waals surface area contributed by atoms with E-state index in [9.17, 15) is 0 Å². The van der Waals surface area contributed by atoms with Gasteiger partial charge in [0.05, 0.1) is 5.69 Å². The molecule has 1 heterocycles. The van der Waals surface area contributed by atoms with Crippen LogP contribution in [0.2, 0.25) is 0 Å². The molecule has 21 heavy (non-hydrogen) atoms. The predicted octanol–water partition coefficient (Wildman–Crippen LogP) is 4.75. The van der Waals surface area contributed by atoms with Crippen molar-refractivity contribution in [2.24, 2.45) is 5.92 Å². The van der Waals surface area contributed by atoms with E-state index in [2.05, 4.69) is 50.4 Å². The molecule has 0 bridgehead atoms. The first-order chi connectivity index (χ1) is 10.0. The lowest BCUT2D eigenvalue weighted by atomic mass is 10.1. The van der Waals surface area contributed by atoms with Gasteiger partial charge in [0.2, 0.25) is 5.95 Å². The van der Waals surface area contributed by atoms with Crippen LogP contribution in [0, 0.1) is 12.8 Å². The van der Waals surface area contributed by atoms with E-state index in [-0.39, 0.29) is 0 Å². The Morgan fingerprint density at radius 1 is 1.19 bits per heavy atom. The number of anilines is 3. The van der Waals surface area contributed by atoms with Gasteiger partial charge in [-0.3, -0.25) is 0 Å². The van der Waals surface area contributed by atoms with E-state index in [4.69, 9.17) is 0 Å². The first-order valence-corrected chi connectivity index (χ1v) is 7.95. The van der Waals surface area contributed by atoms with Crippen LogP contribution in [0.5, 0.6) is 0 Å². The highest BCUT2D eigenvalue weighted by Crippen LogP contribution is 2.25. The van der Waals surface area contributed by atoms with E-state index in [1.165, 1.54) is 0 Å². The molecule has 0 atom stereocenters. The number of halogens is 1. The zero-order valence-corrected chi connectivity index (χ0v) is 14.2. The highest BCUT2D eigenvalue weighted by atomic mass is 79.9. The molecule has 0 aliphatic heterocycles. The number of nitrogens with one attached hydrogen (secondary N) is 2. The third-order valence-corrected chi connectivity index (χ3v) is 3.69.